The highest BCUT2D eigenvalue weighted by Gasteiger charge is 2.48. The van der Waals surface area contributed by atoms with Gasteiger partial charge in [0.05, 0.1) is 12.1 Å². The summed E-state index contributed by atoms with van der Waals surface area (Å²) < 4.78 is 4.81. The maximum absolute atomic E-state index is 12.1. The number of hydrogen-bond donors (Lipinski definition) is 1. The molecule has 3 aliphatic rings. The Morgan fingerprint density at radius 2 is 2.00 bits per heavy atom. The average Bonchev–Trinajstić information content (AvgIpc) is 3.05. The summed E-state index contributed by atoms with van der Waals surface area (Å²) in [6.07, 6.45) is 3.16. The lowest BCUT2D eigenvalue weighted by Crippen LogP contribution is -2.46. The van der Waals surface area contributed by atoms with Gasteiger partial charge in [0, 0.05) is 13.1 Å². The third-order valence-electron chi connectivity index (χ3n) is 4.54. The molecule has 2 heterocycles. The van der Waals surface area contributed by atoms with Gasteiger partial charge in [0.2, 0.25) is 5.91 Å². The van der Waals surface area contributed by atoms with Gasteiger partial charge >= 0.3 is 6.09 Å². The van der Waals surface area contributed by atoms with E-state index >= 15 is 0 Å². The summed E-state index contributed by atoms with van der Waals surface area (Å²) in [5, 5.41) is 10.1. The summed E-state index contributed by atoms with van der Waals surface area (Å²) in [5.74, 6) is 0.327. The van der Waals surface area contributed by atoms with Crippen LogP contribution in [0.3, 0.4) is 0 Å². The second-order valence-corrected chi connectivity index (χ2v) is 5.79. The van der Waals surface area contributed by atoms with E-state index in [0.29, 0.717) is 32.2 Å². The smallest absolute Gasteiger partial charge is 0.410 e. The topological polar surface area (TPSA) is 70.1 Å². The molecule has 0 bridgehead atoms. The molecular weight excluding hydrogens is 248 g/mol. The Hall–Kier alpha value is -1.30. The Morgan fingerprint density at radius 1 is 1.32 bits per heavy atom. The minimum absolute atomic E-state index is 0.0138. The summed E-state index contributed by atoms with van der Waals surface area (Å²) in [5.41, 5.74) is -0.437. The van der Waals surface area contributed by atoms with E-state index in [4.69, 9.17) is 4.74 Å². The highest BCUT2D eigenvalue weighted by molar-refractivity contribution is 5.82. The molecule has 3 fully saturated rings. The van der Waals surface area contributed by atoms with Crippen LogP contribution >= 0.6 is 0 Å². The van der Waals surface area contributed by atoms with Crippen LogP contribution in [0.4, 0.5) is 4.79 Å². The molecule has 0 atom stereocenters. The number of nitrogens with zero attached hydrogens (tertiary/aromatic N) is 2. The highest BCUT2D eigenvalue weighted by Crippen LogP contribution is 2.46. The molecule has 0 radical (unpaired) electrons. The van der Waals surface area contributed by atoms with Crippen molar-refractivity contribution >= 4 is 12.0 Å². The summed E-state index contributed by atoms with van der Waals surface area (Å²) in [7, 11) is 0. The first-order valence-corrected chi connectivity index (χ1v) is 7.00. The van der Waals surface area contributed by atoms with E-state index in [1.807, 2.05) is 0 Å². The fourth-order valence-electron chi connectivity index (χ4n) is 3.04. The quantitative estimate of drug-likeness (QED) is 0.794. The number of rotatable bonds is 3. The molecule has 2 amide bonds. The number of aliphatic hydroxyl groups is 1. The molecule has 19 heavy (non-hydrogen) atoms. The molecule has 0 aromatic carbocycles. The number of carbonyl (C=O) groups excluding carboxylic acids is 2. The van der Waals surface area contributed by atoms with Crippen LogP contribution in [-0.2, 0) is 9.53 Å². The maximum Gasteiger partial charge on any atom is 0.410 e. The van der Waals surface area contributed by atoms with Crippen LogP contribution in [0.1, 0.15) is 25.7 Å². The minimum atomic E-state index is -0.437. The summed E-state index contributed by atoms with van der Waals surface area (Å²) in [6.45, 7) is 2.37. The molecule has 3 rings (SSSR count). The molecule has 6 heteroatoms. The zero-order chi connectivity index (χ0) is 13.5. The van der Waals surface area contributed by atoms with Crippen molar-refractivity contribution in [3.05, 3.63) is 0 Å². The van der Waals surface area contributed by atoms with E-state index in [9.17, 15) is 14.7 Å². The Kier molecular flexibility index (Phi) is 3.12. The minimum Gasteiger partial charge on any atom is -0.448 e. The first-order valence-electron chi connectivity index (χ1n) is 7.00. The molecule has 1 N–H and O–H groups in total. The van der Waals surface area contributed by atoms with Crippen LogP contribution in [0.25, 0.3) is 0 Å². The van der Waals surface area contributed by atoms with Crippen molar-refractivity contribution in [3.63, 3.8) is 0 Å². The lowest BCUT2D eigenvalue weighted by molar-refractivity contribution is -0.133. The predicted octanol–water partition coefficient (Wildman–Crippen LogP) is 0.202. The number of ether oxygens (including phenoxy) is 1. The van der Waals surface area contributed by atoms with Crippen molar-refractivity contribution in [2.45, 2.75) is 31.3 Å². The number of cyclic esters (lactones) is 1. The Balaban J connectivity index is 1.48. The molecule has 106 valence electrons. The van der Waals surface area contributed by atoms with Crippen LogP contribution in [0.2, 0.25) is 0 Å². The first-order chi connectivity index (χ1) is 9.08. The standard InChI is InChI=1S/C13H20N2O4/c16-11(9-15-7-8-19-12(15)17)14-5-1-10(2-6-14)13(18)3-4-13/h10,18H,1-9H2. The Labute approximate surface area is 112 Å². The lowest BCUT2D eigenvalue weighted by atomic mass is 9.89. The second kappa shape index (κ2) is 4.67. The molecular formula is C13H20N2O4. The van der Waals surface area contributed by atoms with Crippen molar-refractivity contribution in [3.8, 4) is 0 Å². The second-order valence-electron chi connectivity index (χ2n) is 5.79. The number of likely N-dealkylation sites (tertiary alicyclic amines) is 1. The average molecular weight is 268 g/mol. The van der Waals surface area contributed by atoms with Crippen LogP contribution < -0.4 is 0 Å². The number of amides is 2. The molecule has 0 spiro atoms. The molecule has 0 aromatic heterocycles. The van der Waals surface area contributed by atoms with Gasteiger partial charge in [-0.1, -0.05) is 0 Å². The predicted molar refractivity (Wildman–Crippen MR) is 66.4 cm³/mol. The molecule has 0 unspecified atom stereocenters. The Bertz CT molecular complexity index is 386. The number of hydrogen-bond acceptors (Lipinski definition) is 4. The summed E-state index contributed by atoms with van der Waals surface area (Å²) >= 11 is 0. The van der Waals surface area contributed by atoms with Gasteiger partial charge < -0.3 is 14.7 Å². The normalized spacial score (nSPS) is 26.5. The maximum atomic E-state index is 12.1. The fourth-order valence-corrected chi connectivity index (χ4v) is 3.04. The molecule has 6 nitrogen and oxygen atoms in total. The summed E-state index contributed by atoms with van der Waals surface area (Å²) in [6, 6.07) is 0. The van der Waals surface area contributed by atoms with Crippen LogP contribution in [-0.4, -0.2) is 65.3 Å². The SMILES string of the molecule is O=C(CN1CCOC1=O)N1CCC(C2(O)CC2)CC1. The number of piperidine rings is 1. The zero-order valence-electron chi connectivity index (χ0n) is 11.0. The number of carbonyl (C=O) groups is 2. The first kappa shape index (κ1) is 12.7. The lowest BCUT2D eigenvalue weighted by Gasteiger charge is -2.35. The van der Waals surface area contributed by atoms with E-state index in [-0.39, 0.29) is 12.5 Å². The fraction of sp³-hybridized carbons (Fsp3) is 0.846. The van der Waals surface area contributed by atoms with E-state index in [2.05, 4.69) is 0 Å². The van der Waals surface area contributed by atoms with Crippen molar-refractivity contribution in [1.29, 1.82) is 0 Å². The third-order valence-corrected chi connectivity index (χ3v) is 4.54. The van der Waals surface area contributed by atoms with Gasteiger partial charge in [0.1, 0.15) is 13.2 Å². The van der Waals surface area contributed by atoms with Crippen molar-refractivity contribution in [2.75, 3.05) is 32.8 Å². The molecule has 1 saturated carbocycles. The van der Waals surface area contributed by atoms with E-state index in [1.54, 1.807) is 4.90 Å². The van der Waals surface area contributed by atoms with E-state index in [0.717, 1.165) is 25.7 Å². The summed E-state index contributed by atoms with van der Waals surface area (Å²) in [4.78, 5) is 26.6. The van der Waals surface area contributed by atoms with Gasteiger partial charge in [-0.05, 0) is 31.6 Å². The van der Waals surface area contributed by atoms with Gasteiger partial charge in [-0.25, -0.2) is 4.79 Å². The molecule has 0 aromatic rings. The largest absolute Gasteiger partial charge is 0.448 e. The van der Waals surface area contributed by atoms with Crippen molar-refractivity contribution < 1.29 is 19.4 Å². The molecule has 2 aliphatic heterocycles. The van der Waals surface area contributed by atoms with Gasteiger partial charge in [-0.3, -0.25) is 9.69 Å². The van der Waals surface area contributed by atoms with Crippen molar-refractivity contribution in [1.82, 2.24) is 9.80 Å². The van der Waals surface area contributed by atoms with Crippen LogP contribution in [0.5, 0.6) is 0 Å². The van der Waals surface area contributed by atoms with Gasteiger partial charge in [-0.2, -0.15) is 0 Å². The molecule has 1 aliphatic carbocycles. The van der Waals surface area contributed by atoms with E-state index < -0.39 is 11.7 Å². The van der Waals surface area contributed by atoms with Gasteiger partial charge in [0.15, 0.2) is 0 Å². The van der Waals surface area contributed by atoms with Crippen LogP contribution in [0, 0.1) is 5.92 Å². The highest BCUT2D eigenvalue weighted by atomic mass is 16.6. The van der Waals surface area contributed by atoms with Crippen LogP contribution in [0.15, 0.2) is 0 Å². The zero-order valence-corrected chi connectivity index (χ0v) is 11.0. The monoisotopic (exact) mass is 268 g/mol. The van der Waals surface area contributed by atoms with E-state index in [1.165, 1.54) is 4.90 Å². The van der Waals surface area contributed by atoms with Gasteiger partial charge in [0.25, 0.3) is 0 Å². The van der Waals surface area contributed by atoms with Crippen molar-refractivity contribution in [2.24, 2.45) is 5.92 Å². The Morgan fingerprint density at radius 3 is 2.53 bits per heavy atom. The third kappa shape index (κ3) is 2.54. The van der Waals surface area contributed by atoms with Gasteiger partial charge in [-0.15, -0.1) is 0 Å². The molecule has 2 saturated heterocycles.